The molecular formula is C9H18N2O3. The van der Waals surface area contributed by atoms with Gasteiger partial charge in [0, 0.05) is 13.7 Å². The smallest absolute Gasteiger partial charge is 0.236 e. The second-order valence-corrected chi connectivity index (χ2v) is 3.54. The zero-order chi connectivity index (χ0) is 10.6. The molecule has 0 aromatic carbocycles. The van der Waals surface area contributed by atoms with Crippen LogP contribution in [0.4, 0.5) is 0 Å². The van der Waals surface area contributed by atoms with E-state index in [1.165, 1.54) is 0 Å². The van der Waals surface area contributed by atoms with Crippen molar-refractivity contribution >= 4 is 5.91 Å². The summed E-state index contributed by atoms with van der Waals surface area (Å²) in [7, 11) is 1.62. The number of ether oxygens (including phenoxy) is 2. The van der Waals surface area contributed by atoms with E-state index in [2.05, 4.69) is 5.32 Å². The summed E-state index contributed by atoms with van der Waals surface area (Å²) in [5.41, 5.74) is 5.46. The van der Waals surface area contributed by atoms with Crippen LogP contribution >= 0.6 is 0 Å². The molecule has 0 spiro atoms. The lowest BCUT2D eigenvalue weighted by Gasteiger charge is -2.31. The molecule has 1 amide bonds. The molecule has 0 saturated carbocycles. The molecule has 0 aromatic rings. The Morgan fingerprint density at radius 1 is 1.71 bits per heavy atom. The van der Waals surface area contributed by atoms with Crippen LogP contribution in [0.25, 0.3) is 0 Å². The number of nitrogens with two attached hydrogens (primary N) is 1. The van der Waals surface area contributed by atoms with Crippen LogP contribution in [0.1, 0.15) is 13.3 Å². The van der Waals surface area contributed by atoms with Gasteiger partial charge < -0.3 is 20.5 Å². The molecule has 3 atom stereocenters. The van der Waals surface area contributed by atoms with E-state index in [9.17, 15) is 4.79 Å². The highest BCUT2D eigenvalue weighted by atomic mass is 16.5. The van der Waals surface area contributed by atoms with Crippen molar-refractivity contribution in [3.05, 3.63) is 0 Å². The lowest BCUT2D eigenvalue weighted by atomic mass is 10.1. The first-order chi connectivity index (χ1) is 6.65. The molecule has 1 aliphatic rings. The summed E-state index contributed by atoms with van der Waals surface area (Å²) in [6.45, 7) is 2.85. The summed E-state index contributed by atoms with van der Waals surface area (Å²) < 4.78 is 10.4. The lowest BCUT2D eigenvalue weighted by molar-refractivity contribution is -0.126. The Morgan fingerprint density at radius 2 is 2.43 bits per heavy atom. The van der Waals surface area contributed by atoms with Gasteiger partial charge in [-0.25, -0.2) is 0 Å². The van der Waals surface area contributed by atoms with Gasteiger partial charge in [-0.1, -0.05) is 0 Å². The van der Waals surface area contributed by atoms with E-state index in [4.69, 9.17) is 15.2 Å². The third kappa shape index (κ3) is 2.94. The molecule has 5 heteroatoms. The fraction of sp³-hybridized carbons (Fsp3) is 0.889. The lowest BCUT2D eigenvalue weighted by Crippen LogP contribution is -2.53. The molecule has 1 saturated heterocycles. The number of carbonyl (C=O) groups is 1. The third-order valence-electron chi connectivity index (χ3n) is 2.35. The number of rotatable bonds is 3. The van der Waals surface area contributed by atoms with Gasteiger partial charge in [0.05, 0.1) is 18.7 Å². The van der Waals surface area contributed by atoms with E-state index >= 15 is 0 Å². The number of methoxy groups -OCH3 is 1. The van der Waals surface area contributed by atoms with Gasteiger partial charge in [0.15, 0.2) is 0 Å². The van der Waals surface area contributed by atoms with Crippen molar-refractivity contribution in [3.63, 3.8) is 0 Å². The summed E-state index contributed by atoms with van der Waals surface area (Å²) in [6.07, 6.45) is 0.711. The molecule has 1 rings (SSSR count). The van der Waals surface area contributed by atoms with Crippen molar-refractivity contribution in [2.75, 3.05) is 20.3 Å². The van der Waals surface area contributed by atoms with Crippen molar-refractivity contribution in [2.24, 2.45) is 5.73 Å². The van der Waals surface area contributed by atoms with Crippen LogP contribution in [0.15, 0.2) is 0 Å². The average molecular weight is 202 g/mol. The summed E-state index contributed by atoms with van der Waals surface area (Å²) in [5, 5.41) is 2.85. The molecule has 5 nitrogen and oxygen atoms in total. The Morgan fingerprint density at radius 3 is 3.00 bits per heavy atom. The first-order valence-electron chi connectivity index (χ1n) is 4.81. The first-order valence-corrected chi connectivity index (χ1v) is 4.81. The Balaban J connectivity index is 2.44. The minimum atomic E-state index is -0.477. The molecule has 3 N–H and O–H groups in total. The maximum Gasteiger partial charge on any atom is 0.236 e. The maximum atomic E-state index is 11.3. The Hall–Kier alpha value is -0.650. The van der Waals surface area contributed by atoms with Crippen molar-refractivity contribution in [1.82, 2.24) is 5.32 Å². The van der Waals surface area contributed by atoms with Crippen LogP contribution in [0.3, 0.4) is 0 Å². The quantitative estimate of drug-likeness (QED) is 0.632. The van der Waals surface area contributed by atoms with E-state index in [0.717, 1.165) is 6.42 Å². The van der Waals surface area contributed by atoms with E-state index in [0.29, 0.717) is 13.2 Å². The van der Waals surface area contributed by atoms with Crippen LogP contribution in [0, 0.1) is 0 Å². The molecule has 0 aliphatic carbocycles. The predicted octanol–water partition coefficient (Wildman–Crippen LogP) is -0.746. The van der Waals surface area contributed by atoms with Gasteiger partial charge in [0.2, 0.25) is 5.91 Å². The number of nitrogens with one attached hydrogen (secondary N) is 1. The molecule has 1 heterocycles. The maximum absolute atomic E-state index is 11.3. The molecule has 2 unspecified atom stereocenters. The van der Waals surface area contributed by atoms with Gasteiger partial charge in [0.25, 0.3) is 0 Å². The molecule has 0 radical (unpaired) electrons. The van der Waals surface area contributed by atoms with Gasteiger partial charge in [-0.2, -0.15) is 0 Å². The predicted molar refractivity (Wildman–Crippen MR) is 51.8 cm³/mol. The second kappa shape index (κ2) is 5.29. The number of carbonyl (C=O) groups excluding carboxylic acids is 1. The number of hydrogen-bond donors (Lipinski definition) is 2. The highest BCUT2D eigenvalue weighted by Gasteiger charge is 2.27. The highest BCUT2D eigenvalue weighted by Crippen LogP contribution is 2.10. The van der Waals surface area contributed by atoms with Crippen LogP contribution in [-0.4, -0.2) is 44.4 Å². The molecule has 1 aliphatic heterocycles. The Bertz CT molecular complexity index is 196. The Labute approximate surface area is 83.9 Å². The zero-order valence-corrected chi connectivity index (χ0v) is 8.66. The molecule has 82 valence electrons. The molecule has 14 heavy (non-hydrogen) atoms. The van der Waals surface area contributed by atoms with E-state index in [-0.39, 0.29) is 18.1 Å². The molecule has 0 bridgehead atoms. The first kappa shape index (κ1) is 11.4. The molecular weight excluding hydrogens is 184 g/mol. The standard InChI is InChI=1S/C9H18N2O3/c1-6(10)9(12)11-7-3-4-14-5-8(7)13-2/h6-8H,3-5,10H2,1-2H3,(H,11,12)/t6-,7?,8?/m0/s1. The van der Waals surface area contributed by atoms with Gasteiger partial charge in [-0.3, -0.25) is 4.79 Å². The summed E-state index contributed by atoms with van der Waals surface area (Å²) in [6, 6.07) is -0.456. The van der Waals surface area contributed by atoms with Crippen LogP contribution in [-0.2, 0) is 14.3 Å². The zero-order valence-electron chi connectivity index (χ0n) is 8.66. The van der Waals surface area contributed by atoms with Crippen molar-refractivity contribution < 1.29 is 14.3 Å². The van der Waals surface area contributed by atoms with Crippen LogP contribution in [0.2, 0.25) is 0 Å². The van der Waals surface area contributed by atoms with Gasteiger partial charge in [-0.15, -0.1) is 0 Å². The Kier molecular flexibility index (Phi) is 4.31. The van der Waals surface area contributed by atoms with E-state index in [1.54, 1.807) is 14.0 Å². The SMILES string of the molecule is COC1COCCC1NC(=O)[C@H](C)N. The van der Waals surface area contributed by atoms with Crippen molar-refractivity contribution in [3.8, 4) is 0 Å². The summed E-state index contributed by atoms with van der Waals surface area (Å²) >= 11 is 0. The normalized spacial score (nSPS) is 29.6. The van der Waals surface area contributed by atoms with Crippen LogP contribution in [0.5, 0.6) is 0 Å². The van der Waals surface area contributed by atoms with Gasteiger partial charge in [0.1, 0.15) is 6.10 Å². The van der Waals surface area contributed by atoms with E-state index in [1.807, 2.05) is 0 Å². The molecule has 1 fully saturated rings. The van der Waals surface area contributed by atoms with Crippen molar-refractivity contribution in [2.45, 2.75) is 31.5 Å². The summed E-state index contributed by atoms with van der Waals surface area (Å²) in [4.78, 5) is 11.3. The topological polar surface area (TPSA) is 73.6 Å². The second-order valence-electron chi connectivity index (χ2n) is 3.54. The fourth-order valence-corrected chi connectivity index (χ4v) is 1.42. The number of amides is 1. The minimum absolute atomic E-state index is 0.0206. The number of hydrogen-bond acceptors (Lipinski definition) is 4. The van der Waals surface area contributed by atoms with Crippen molar-refractivity contribution in [1.29, 1.82) is 0 Å². The van der Waals surface area contributed by atoms with E-state index < -0.39 is 6.04 Å². The average Bonchev–Trinajstić information content (AvgIpc) is 2.18. The van der Waals surface area contributed by atoms with Gasteiger partial charge in [-0.05, 0) is 13.3 Å². The van der Waals surface area contributed by atoms with Crippen LogP contribution < -0.4 is 11.1 Å². The van der Waals surface area contributed by atoms with Gasteiger partial charge >= 0.3 is 0 Å². The monoisotopic (exact) mass is 202 g/mol. The summed E-state index contributed by atoms with van der Waals surface area (Å²) in [5.74, 6) is -0.140. The minimum Gasteiger partial charge on any atom is -0.379 e. The largest absolute Gasteiger partial charge is 0.379 e. The molecule has 0 aromatic heterocycles. The third-order valence-corrected chi connectivity index (χ3v) is 2.35. The fourth-order valence-electron chi connectivity index (χ4n) is 1.42. The highest BCUT2D eigenvalue weighted by molar-refractivity contribution is 5.81.